The molecule has 1 saturated carbocycles. The van der Waals surface area contributed by atoms with Gasteiger partial charge in [-0.2, -0.15) is 5.10 Å². The van der Waals surface area contributed by atoms with Crippen LogP contribution in [-0.4, -0.2) is 35.8 Å². The molecule has 1 aliphatic carbocycles. The van der Waals surface area contributed by atoms with Crippen LogP contribution >= 0.6 is 11.6 Å². The highest BCUT2D eigenvalue weighted by Crippen LogP contribution is 2.31. The Bertz CT molecular complexity index is 578. The second-order valence-corrected chi connectivity index (χ2v) is 8.36. The van der Waals surface area contributed by atoms with Gasteiger partial charge in [-0.25, -0.2) is 8.42 Å². The summed E-state index contributed by atoms with van der Waals surface area (Å²) in [4.78, 5) is 0. The lowest BCUT2D eigenvalue weighted by molar-refractivity contribution is 0.210. The van der Waals surface area contributed by atoms with Gasteiger partial charge in [-0.3, -0.25) is 4.68 Å². The van der Waals surface area contributed by atoms with Crippen molar-refractivity contribution in [2.24, 2.45) is 5.92 Å². The molecule has 0 radical (unpaired) electrons. The SMILES string of the molecule is O=S1(=O)CCC(Cn2ncc(OC3CCCC3)c2Cl)C1. The largest absolute Gasteiger partial charge is 0.486 e. The van der Waals surface area contributed by atoms with E-state index in [0.29, 0.717) is 23.9 Å². The summed E-state index contributed by atoms with van der Waals surface area (Å²) in [6.07, 6.45) is 7.14. The predicted molar refractivity (Wildman–Crippen MR) is 76.9 cm³/mol. The Morgan fingerprint density at radius 1 is 1.35 bits per heavy atom. The zero-order valence-corrected chi connectivity index (χ0v) is 12.9. The van der Waals surface area contributed by atoms with Gasteiger partial charge >= 0.3 is 0 Å². The molecule has 20 heavy (non-hydrogen) atoms. The first kappa shape index (κ1) is 14.2. The molecule has 0 amide bonds. The minimum Gasteiger partial charge on any atom is -0.486 e. The van der Waals surface area contributed by atoms with Crippen LogP contribution in [0, 0.1) is 5.92 Å². The third-order valence-corrected chi connectivity index (χ3v) is 6.32. The van der Waals surface area contributed by atoms with E-state index in [9.17, 15) is 8.42 Å². The Kier molecular flexibility index (Phi) is 3.95. The van der Waals surface area contributed by atoms with E-state index in [2.05, 4.69) is 5.10 Å². The first-order valence-electron chi connectivity index (χ1n) is 7.12. The summed E-state index contributed by atoms with van der Waals surface area (Å²) < 4.78 is 30.5. The Morgan fingerprint density at radius 3 is 2.75 bits per heavy atom. The number of hydrogen-bond donors (Lipinski definition) is 0. The van der Waals surface area contributed by atoms with Crippen molar-refractivity contribution in [3.63, 3.8) is 0 Å². The van der Waals surface area contributed by atoms with E-state index in [1.807, 2.05) is 0 Å². The number of nitrogens with zero attached hydrogens (tertiary/aromatic N) is 2. The molecule has 1 unspecified atom stereocenters. The molecule has 0 spiro atoms. The van der Waals surface area contributed by atoms with E-state index >= 15 is 0 Å². The summed E-state index contributed by atoms with van der Waals surface area (Å²) in [5.41, 5.74) is 0. The van der Waals surface area contributed by atoms with E-state index < -0.39 is 9.84 Å². The Labute approximate surface area is 124 Å². The van der Waals surface area contributed by atoms with Crippen LogP contribution in [0.3, 0.4) is 0 Å². The highest BCUT2D eigenvalue weighted by Gasteiger charge is 2.29. The van der Waals surface area contributed by atoms with Crippen LogP contribution < -0.4 is 4.74 Å². The lowest BCUT2D eigenvalue weighted by Gasteiger charge is -2.12. The molecular formula is C13H19ClN2O3S. The van der Waals surface area contributed by atoms with Crippen LogP contribution in [0.5, 0.6) is 5.75 Å². The molecule has 5 nitrogen and oxygen atoms in total. The highest BCUT2D eigenvalue weighted by molar-refractivity contribution is 7.91. The van der Waals surface area contributed by atoms with E-state index in [-0.39, 0.29) is 23.5 Å². The fourth-order valence-electron chi connectivity index (χ4n) is 3.01. The minimum absolute atomic E-state index is 0.108. The van der Waals surface area contributed by atoms with Gasteiger partial charge in [-0.15, -0.1) is 0 Å². The number of rotatable bonds is 4. The quantitative estimate of drug-likeness (QED) is 0.854. The molecule has 0 N–H and O–H groups in total. The van der Waals surface area contributed by atoms with Gasteiger partial charge in [-0.1, -0.05) is 11.6 Å². The summed E-state index contributed by atoms with van der Waals surface area (Å²) in [6, 6.07) is 0. The average molecular weight is 319 g/mol. The van der Waals surface area contributed by atoms with Crippen LogP contribution in [0.25, 0.3) is 0 Å². The molecule has 112 valence electrons. The van der Waals surface area contributed by atoms with Crippen molar-refractivity contribution in [3.8, 4) is 5.75 Å². The van der Waals surface area contributed by atoms with Crippen molar-refractivity contribution >= 4 is 21.4 Å². The topological polar surface area (TPSA) is 61.2 Å². The Morgan fingerprint density at radius 2 is 2.10 bits per heavy atom. The summed E-state index contributed by atoms with van der Waals surface area (Å²) in [5, 5.41) is 4.72. The number of sulfone groups is 1. The van der Waals surface area contributed by atoms with E-state index in [0.717, 1.165) is 12.8 Å². The Balaban J connectivity index is 1.64. The first-order valence-corrected chi connectivity index (χ1v) is 9.32. The molecule has 3 rings (SSSR count). The first-order chi connectivity index (χ1) is 9.53. The Hall–Kier alpha value is -0.750. The predicted octanol–water partition coefficient (Wildman–Crippen LogP) is 2.29. The molecule has 7 heteroatoms. The van der Waals surface area contributed by atoms with Crippen LogP contribution in [0.4, 0.5) is 0 Å². The lowest BCUT2D eigenvalue weighted by Crippen LogP contribution is -2.14. The summed E-state index contributed by atoms with van der Waals surface area (Å²) in [5.74, 6) is 1.25. The van der Waals surface area contributed by atoms with Gasteiger partial charge in [0, 0.05) is 6.54 Å². The van der Waals surface area contributed by atoms with Crippen LogP contribution in [0.1, 0.15) is 32.1 Å². The molecule has 1 aliphatic heterocycles. The van der Waals surface area contributed by atoms with E-state index in [1.165, 1.54) is 12.8 Å². The number of hydrogen-bond acceptors (Lipinski definition) is 4. The highest BCUT2D eigenvalue weighted by atomic mass is 35.5. The van der Waals surface area contributed by atoms with Crippen molar-refractivity contribution in [2.75, 3.05) is 11.5 Å². The van der Waals surface area contributed by atoms with Crippen LogP contribution in [0.15, 0.2) is 6.20 Å². The monoisotopic (exact) mass is 318 g/mol. The molecule has 2 heterocycles. The molecule has 1 aromatic rings. The van der Waals surface area contributed by atoms with Crippen LogP contribution in [0.2, 0.25) is 5.15 Å². The summed E-state index contributed by atoms with van der Waals surface area (Å²) >= 11 is 6.28. The third-order valence-electron chi connectivity index (χ3n) is 4.10. The van der Waals surface area contributed by atoms with Gasteiger partial charge in [0.15, 0.2) is 20.7 Å². The van der Waals surface area contributed by atoms with E-state index in [4.69, 9.17) is 16.3 Å². The van der Waals surface area contributed by atoms with Gasteiger partial charge in [0.2, 0.25) is 0 Å². The van der Waals surface area contributed by atoms with Crippen molar-refractivity contribution < 1.29 is 13.2 Å². The maximum absolute atomic E-state index is 11.5. The van der Waals surface area contributed by atoms with Gasteiger partial charge in [0.05, 0.1) is 23.8 Å². The molecule has 0 bridgehead atoms. The fourth-order valence-corrected chi connectivity index (χ4v) is 5.06. The summed E-state index contributed by atoms with van der Waals surface area (Å²) in [6.45, 7) is 0.548. The number of aromatic nitrogens is 2. The van der Waals surface area contributed by atoms with Crippen molar-refractivity contribution in [2.45, 2.75) is 44.8 Å². The van der Waals surface area contributed by atoms with Crippen molar-refractivity contribution in [1.82, 2.24) is 9.78 Å². The minimum atomic E-state index is -2.86. The standard InChI is InChI=1S/C13H19ClN2O3S/c14-13-12(19-11-3-1-2-4-11)7-15-16(13)8-10-5-6-20(17,18)9-10/h7,10-11H,1-6,8-9H2. The van der Waals surface area contributed by atoms with Crippen molar-refractivity contribution in [3.05, 3.63) is 11.3 Å². The molecule has 0 aromatic carbocycles. The zero-order chi connectivity index (χ0) is 14.2. The molecule has 1 aromatic heterocycles. The molecule has 1 atom stereocenters. The zero-order valence-electron chi connectivity index (χ0n) is 11.3. The normalized spacial score (nSPS) is 26.1. The van der Waals surface area contributed by atoms with Gasteiger partial charge < -0.3 is 4.74 Å². The molecular weight excluding hydrogens is 300 g/mol. The third kappa shape index (κ3) is 3.11. The lowest BCUT2D eigenvalue weighted by atomic mass is 10.1. The average Bonchev–Trinajstić information content (AvgIpc) is 3.08. The maximum Gasteiger partial charge on any atom is 0.176 e. The van der Waals surface area contributed by atoms with Crippen LogP contribution in [-0.2, 0) is 16.4 Å². The smallest absolute Gasteiger partial charge is 0.176 e. The van der Waals surface area contributed by atoms with Crippen molar-refractivity contribution in [1.29, 1.82) is 0 Å². The second kappa shape index (κ2) is 5.56. The fraction of sp³-hybridized carbons (Fsp3) is 0.769. The molecule has 1 saturated heterocycles. The van der Waals surface area contributed by atoms with Gasteiger partial charge in [-0.05, 0) is 38.0 Å². The van der Waals surface area contributed by atoms with Gasteiger partial charge in [0.25, 0.3) is 0 Å². The number of ether oxygens (including phenoxy) is 1. The maximum atomic E-state index is 11.5. The second-order valence-electron chi connectivity index (χ2n) is 5.78. The molecule has 2 aliphatic rings. The summed E-state index contributed by atoms with van der Waals surface area (Å²) in [7, 11) is -2.86. The number of halogens is 1. The van der Waals surface area contributed by atoms with Gasteiger partial charge in [0.1, 0.15) is 0 Å². The van der Waals surface area contributed by atoms with E-state index in [1.54, 1.807) is 10.9 Å². The molecule has 2 fully saturated rings.